The molecule has 0 radical (unpaired) electrons. The molecule has 14 heavy (non-hydrogen) atoms. The van der Waals surface area contributed by atoms with Crippen LogP contribution >= 0.6 is 0 Å². The number of hydrogen-bond donors (Lipinski definition) is 2. The SMILES string of the molecule is NCc1noc(-c2c[nH]ccc2=O)n1. The minimum Gasteiger partial charge on any atom is -0.367 e. The average molecular weight is 192 g/mol. The van der Waals surface area contributed by atoms with Gasteiger partial charge in [0.1, 0.15) is 5.56 Å². The summed E-state index contributed by atoms with van der Waals surface area (Å²) in [5.74, 6) is 0.565. The van der Waals surface area contributed by atoms with Crippen LogP contribution in [0.15, 0.2) is 27.8 Å². The topological polar surface area (TPSA) is 97.8 Å². The van der Waals surface area contributed by atoms with Gasteiger partial charge in [0, 0.05) is 18.5 Å². The summed E-state index contributed by atoms with van der Waals surface area (Å²) < 4.78 is 4.86. The summed E-state index contributed by atoms with van der Waals surface area (Å²) in [6.45, 7) is 0.189. The molecule has 0 spiro atoms. The third-order valence-corrected chi connectivity index (χ3v) is 1.71. The van der Waals surface area contributed by atoms with Crippen molar-refractivity contribution in [1.29, 1.82) is 0 Å². The molecular weight excluding hydrogens is 184 g/mol. The van der Waals surface area contributed by atoms with E-state index in [2.05, 4.69) is 15.1 Å². The van der Waals surface area contributed by atoms with Crippen LogP contribution in [0.1, 0.15) is 5.82 Å². The number of nitrogens with zero attached hydrogens (tertiary/aromatic N) is 2. The summed E-state index contributed by atoms with van der Waals surface area (Å²) in [5.41, 5.74) is 5.48. The lowest BCUT2D eigenvalue weighted by molar-refractivity contribution is 0.422. The van der Waals surface area contributed by atoms with Crippen molar-refractivity contribution in [2.75, 3.05) is 0 Å². The first-order valence-electron chi connectivity index (χ1n) is 4.01. The van der Waals surface area contributed by atoms with Crippen molar-refractivity contribution in [2.45, 2.75) is 6.54 Å². The molecule has 2 rings (SSSR count). The Balaban J connectivity index is 2.50. The number of aromatic amines is 1. The lowest BCUT2D eigenvalue weighted by Gasteiger charge is -1.89. The van der Waals surface area contributed by atoms with Crippen LogP contribution in [0.2, 0.25) is 0 Å². The fourth-order valence-corrected chi connectivity index (χ4v) is 1.03. The predicted molar refractivity (Wildman–Crippen MR) is 48.2 cm³/mol. The molecule has 2 aromatic heterocycles. The van der Waals surface area contributed by atoms with Gasteiger partial charge in [0.25, 0.3) is 5.89 Å². The van der Waals surface area contributed by atoms with E-state index >= 15 is 0 Å². The third kappa shape index (κ3) is 1.42. The van der Waals surface area contributed by atoms with E-state index in [1.807, 2.05) is 0 Å². The summed E-state index contributed by atoms with van der Waals surface area (Å²) in [4.78, 5) is 18.0. The first-order valence-corrected chi connectivity index (χ1v) is 4.01. The molecule has 0 saturated heterocycles. The summed E-state index contributed by atoms with van der Waals surface area (Å²) in [6.07, 6.45) is 3.04. The average Bonchev–Trinajstić information content (AvgIpc) is 2.67. The maximum Gasteiger partial charge on any atom is 0.263 e. The van der Waals surface area contributed by atoms with Gasteiger partial charge in [-0.3, -0.25) is 4.79 Å². The van der Waals surface area contributed by atoms with Gasteiger partial charge in [-0.15, -0.1) is 0 Å². The minimum absolute atomic E-state index is 0.170. The van der Waals surface area contributed by atoms with Crippen molar-refractivity contribution in [3.63, 3.8) is 0 Å². The molecule has 0 aromatic carbocycles. The highest BCUT2D eigenvalue weighted by Gasteiger charge is 2.10. The van der Waals surface area contributed by atoms with Crippen LogP contribution in [0.3, 0.4) is 0 Å². The number of rotatable bonds is 2. The zero-order chi connectivity index (χ0) is 9.97. The zero-order valence-corrected chi connectivity index (χ0v) is 7.23. The highest BCUT2D eigenvalue weighted by atomic mass is 16.5. The second kappa shape index (κ2) is 3.43. The molecule has 2 aromatic rings. The van der Waals surface area contributed by atoms with E-state index in [1.54, 1.807) is 0 Å². The van der Waals surface area contributed by atoms with Crippen molar-refractivity contribution in [1.82, 2.24) is 15.1 Å². The Kier molecular flexibility index (Phi) is 2.11. The standard InChI is InChI=1S/C8H8N4O2/c9-3-7-11-8(14-12-7)5-4-10-2-1-6(5)13/h1-2,4H,3,9H2,(H,10,13). The van der Waals surface area contributed by atoms with Gasteiger partial charge in [-0.2, -0.15) is 4.98 Å². The maximum atomic E-state index is 11.3. The fourth-order valence-electron chi connectivity index (χ4n) is 1.03. The molecule has 0 fully saturated rings. The largest absolute Gasteiger partial charge is 0.367 e. The molecule has 0 aliphatic rings. The Bertz CT molecular complexity index is 488. The molecule has 0 atom stereocenters. The Hall–Kier alpha value is -1.95. The van der Waals surface area contributed by atoms with E-state index in [4.69, 9.17) is 10.3 Å². The number of hydrogen-bond acceptors (Lipinski definition) is 5. The molecule has 0 bridgehead atoms. The van der Waals surface area contributed by atoms with Crippen LogP contribution in [-0.4, -0.2) is 15.1 Å². The van der Waals surface area contributed by atoms with Gasteiger partial charge in [-0.1, -0.05) is 5.16 Å². The normalized spacial score (nSPS) is 10.4. The highest BCUT2D eigenvalue weighted by Crippen LogP contribution is 2.10. The second-order valence-electron chi connectivity index (χ2n) is 2.64. The summed E-state index contributed by atoms with van der Waals surface area (Å²) in [6, 6.07) is 1.39. The van der Waals surface area contributed by atoms with Gasteiger partial charge in [-0.05, 0) is 0 Å². The van der Waals surface area contributed by atoms with Crippen molar-refractivity contribution in [3.05, 3.63) is 34.5 Å². The van der Waals surface area contributed by atoms with Crippen LogP contribution in [0.5, 0.6) is 0 Å². The summed E-state index contributed by atoms with van der Waals surface area (Å²) in [7, 11) is 0. The molecule has 0 aliphatic carbocycles. The van der Waals surface area contributed by atoms with Gasteiger partial charge < -0.3 is 15.2 Å². The van der Waals surface area contributed by atoms with Crippen molar-refractivity contribution in [2.24, 2.45) is 5.73 Å². The molecule has 0 amide bonds. The minimum atomic E-state index is -0.170. The fraction of sp³-hybridized carbons (Fsp3) is 0.125. The van der Waals surface area contributed by atoms with Crippen molar-refractivity contribution >= 4 is 0 Å². The van der Waals surface area contributed by atoms with E-state index in [-0.39, 0.29) is 17.9 Å². The van der Waals surface area contributed by atoms with Crippen LogP contribution in [0, 0.1) is 0 Å². The van der Waals surface area contributed by atoms with Gasteiger partial charge in [-0.25, -0.2) is 0 Å². The molecule has 72 valence electrons. The Morgan fingerprint density at radius 3 is 3.07 bits per heavy atom. The second-order valence-corrected chi connectivity index (χ2v) is 2.64. The number of nitrogens with one attached hydrogen (secondary N) is 1. The lowest BCUT2D eigenvalue weighted by Crippen LogP contribution is -2.03. The number of H-pyrrole nitrogens is 1. The van der Waals surface area contributed by atoms with Crippen LogP contribution < -0.4 is 11.2 Å². The van der Waals surface area contributed by atoms with Crippen LogP contribution in [-0.2, 0) is 6.54 Å². The maximum absolute atomic E-state index is 11.3. The summed E-state index contributed by atoms with van der Waals surface area (Å²) in [5, 5.41) is 3.59. The van der Waals surface area contributed by atoms with Crippen LogP contribution in [0.25, 0.3) is 11.5 Å². The third-order valence-electron chi connectivity index (χ3n) is 1.71. The van der Waals surface area contributed by atoms with E-state index in [9.17, 15) is 4.79 Å². The van der Waals surface area contributed by atoms with Crippen LogP contribution in [0.4, 0.5) is 0 Å². The van der Waals surface area contributed by atoms with Gasteiger partial charge in [0.15, 0.2) is 11.3 Å². The van der Waals surface area contributed by atoms with E-state index in [0.717, 1.165) is 0 Å². The predicted octanol–water partition coefficient (Wildman–Crippen LogP) is -0.116. The molecule has 0 aliphatic heterocycles. The number of nitrogens with two attached hydrogens (primary N) is 1. The van der Waals surface area contributed by atoms with Gasteiger partial charge in [0.2, 0.25) is 0 Å². The molecular formula is C8H8N4O2. The highest BCUT2D eigenvalue weighted by molar-refractivity contribution is 5.50. The molecule has 0 saturated carbocycles. The van der Waals surface area contributed by atoms with Crippen molar-refractivity contribution < 1.29 is 4.52 Å². The zero-order valence-electron chi connectivity index (χ0n) is 7.23. The Morgan fingerprint density at radius 1 is 1.57 bits per heavy atom. The monoisotopic (exact) mass is 192 g/mol. The van der Waals surface area contributed by atoms with E-state index in [0.29, 0.717) is 11.4 Å². The quantitative estimate of drug-likeness (QED) is 0.691. The molecule has 0 unspecified atom stereocenters. The summed E-state index contributed by atoms with van der Waals surface area (Å²) >= 11 is 0. The van der Waals surface area contributed by atoms with Crippen molar-refractivity contribution in [3.8, 4) is 11.5 Å². The Labute approximate surface area is 78.8 Å². The molecule has 3 N–H and O–H groups in total. The number of aromatic nitrogens is 3. The molecule has 6 heteroatoms. The van der Waals surface area contributed by atoms with E-state index < -0.39 is 0 Å². The first-order chi connectivity index (χ1) is 6.81. The first kappa shape index (κ1) is 8.64. The van der Waals surface area contributed by atoms with Gasteiger partial charge >= 0.3 is 0 Å². The Morgan fingerprint density at radius 2 is 2.43 bits per heavy atom. The van der Waals surface area contributed by atoms with Gasteiger partial charge in [0.05, 0.1) is 6.54 Å². The molecule has 2 heterocycles. The number of pyridine rings is 1. The smallest absolute Gasteiger partial charge is 0.263 e. The van der Waals surface area contributed by atoms with E-state index in [1.165, 1.54) is 18.5 Å². The molecule has 6 nitrogen and oxygen atoms in total. The lowest BCUT2D eigenvalue weighted by atomic mass is 10.3.